The first-order chi connectivity index (χ1) is 10.4. The molecule has 22 heavy (non-hydrogen) atoms. The second-order valence-electron chi connectivity index (χ2n) is 6.36. The van der Waals surface area contributed by atoms with Gasteiger partial charge in [0.25, 0.3) is 0 Å². The summed E-state index contributed by atoms with van der Waals surface area (Å²) in [6.07, 6.45) is 0.934. The van der Waals surface area contributed by atoms with E-state index in [1.165, 1.54) is 17.3 Å². The van der Waals surface area contributed by atoms with Crippen molar-refractivity contribution in [3.8, 4) is 11.4 Å². The highest BCUT2D eigenvalue weighted by Crippen LogP contribution is 2.39. The predicted octanol–water partition coefficient (Wildman–Crippen LogP) is 2.42. The minimum atomic E-state index is -0.101. The number of hydrogen-bond acceptors (Lipinski definition) is 4. The number of rotatable bonds is 3. The van der Waals surface area contributed by atoms with E-state index in [-0.39, 0.29) is 11.4 Å². The van der Waals surface area contributed by atoms with E-state index in [1.54, 1.807) is 19.0 Å². The molecule has 0 bridgehead atoms. The Bertz CT molecular complexity index is 721. The molecule has 6 heteroatoms. The summed E-state index contributed by atoms with van der Waals surface area (Å²) in [5, 5.41) is 9.52. The van der Waals surface area contributed by atoms with Crippen LogP contribution in [-0.2, 0) is 16.8 Å². The summed E-state index contributed by atoms with van der Waals surface area (Å²) >= 11 is 1.45. The second-order valence-corrected chi connectivity index (χ2v) is 7.31. The lowest BCUT2D eigenvalue weighted by molar-refractivity contribution is -0.125. The molecule has 1 aliphatic rings. The normalized spacial score (nSPS) is 15.1. The van der Waals surface area contributed by atoms with Crippen LogP contribution in [0.25, 0.3) is 11.4 Å². The average Bonchev–Trinajstić information content (AvgIpc) is 2.89. The highest BCUT2D eigenvalue weighted by atomic mass is 32.2. The summed E-state index contributed by atoms with van der Waals surface area (Å²) in [4.78, 5) is 13.4. The van der Waals surface area contributed by atoms with Gasteiger partial charge in [0.15, 0.2) is 11.0 Å². The number of fused-ring (bicyclic) bond motifs is 3. The number of aromatic nitrogens is 3. The Hall–Kier alpha value is -1.82. The van der Waals surface area contributed by atoms with Gasteiger partial charge in [-0.3, -0.25) is 9.36 Å². The molecule has 3 rings (SSSR count). The number of hydrogen-bond donors (Lipinski definition) is 0. The summed E-state index contributed by atoms with van der Waals surface area (Å²) in [7, 11) is 3.53. The summed E-state index contributed by atoms with van der Waals surface area (Å²) in [5.41, 5.74) is 2.34. The first kappa shape index (κ1) is 15.1. The highest BCUT2D eigenvalue weighted by Gasteiger charge is 2.34. The van der Waals surface area contributed by atoms with Crippen LogP contribution in [0.3, 0.4) is 0 Å². The molecule has 1 aromatic carbocycles. The van der Waals surface area contributed by atoms with Gasteiger partial charge in [-0.25, -0.2) is 0 Å². The maximum absolute atomic E-state index is 11.8. The molecule has 0 fully saturated rings. The smallest absolute Gasteiger partial charge is 0.232 e. The molecule has 0 radical (unpaired) electrons. The Morgan fingerprint density at radius 2 is 2.05 bits per heavy atom. The lowest BCUT2D eigenvalue weighted by Gasteiger charge is -2.34. The van der Waals surface area contributed by atoms with Crippen molar-refractivity contribution in [1.82, 2.24) is 19.7 Å². The largest absolute Gasteiger partial charge is 0.348 e. The van der Waals surface area contributed by atoms with Crippen LogP contribution in [0.5, 0.6) is 0 Å². The maximum atomic E-state index is 11.8. The van der Waals surface area contributed by atoms with Crippen LogP contribution in [0, 0.1) is 0 Å². The van der Waals surface area contributed by atoms with Crippen molar-refractivity contribution in [2.24, 2.45) is 0 Å². The molecule has 2 heterocycles. The summed E-state index contributed by atoms with van der Waals surface area (Å²) < 4.78 is 2.17. The second kappa shape index (κ2) is 5.43. The van der Waals surface area contributed by atoms with Crippen LogP contribution in [0.15, 0.2) is 29.4 Å². The molecule has 1 amide bonds. The summed E-state index contributed by atoms with van der Waals surface area (Å²) in [5.74, 6) is 1.35. The zero-order valence-corrected chi connectivity index (χ0v) is 14.1. The molecule has 0 spiro atoms. The number of carbonyl (C=O) groups is 1. The Morgan fingerprint density at radius 1 is 1.32 bits per heavy atom. The van der Waals surface area contributed by atoms with Crippen molar-refractivity contribution in [3.63, 3.8) is 0 Å². The number of amides is 1. The van der Waals surface area contributed by atoms with Crippen LogP contribution in [-0.4, -0.2) is 45.4 Å². The molecule has 0 atom stereocenters. The van der Waals surface area contributed by atoms with Crippen LogP contribution in [0.1, 0.15) is 19.4 Å². The molecular weight excluding hydrogens is 296 g/mol. The van der Waals surface area contributed by atoms with Gasteiger partial charge in [-0.1, -0.05) is 36.0 Å². The minimum absolute atomic E-state index is 0.0800. The summed E-state index contributed by atoms with van der Waals surface area (Å²) in [6.45, 7) is 4.38. The quantitative estimate of drug-likeness (QED) is 0.816. The van der Waals surface area contributed by atoms with E-state index in [4.69, 9.17) is 0 Å². The van der Waals surface area contributed by atoms with Crippen LogP contribution in [0.4, 0.5) is 0 Å². The third-order valence-electron chi connectivity index (χ3n) is 3.94. The number of nitrogens with zero attached hydrogens (tertiary/aromatic N) is 4. The van der Waals surface area contributed by atoms with E-state index < -0.39 is 0 Å². The zero-order chi connectivity index (χ0) is 15.9. The average molecular weight is 316 g/mol. The van der Waals surface area contributed by atoms with Crippen LogP contribution >= 0.6 is 11.8 Å². The fourth-order valence-electron chi connectivity index (χ4n) is 2.78. The number of benzene rings is 1. The van der Waals surface area contributed by atoms with Gasteiger partial charge in [-0.15, -0.1) is 10.2 Å². The molecule has 0 aliphatic carbocycles. The van der Waals surface area contributed by atoms with E-state index in [2.05, 4.69) is 46.8 Å². The van der Waals surface area contributed by atoms with Crippen molar-refractivity contribution in [2.75, 3.05) is 19.8 Å². The van der Waals surface area contributed by atoms with Crippen molar-refractivity contribution in [3.05, 3.63) is 29.8 Å². The lowest BCUT2D eigenvalue weighted by Crippen LogP contribution is -2.34. The Labute approximate surface area is 134 Å². The SMILES string of the molecule is CN(C)C(=O)CSc1nnc2n1C(C)(C)Cc1ccccc1-2. The molecular formula is C16H20N4OS. The Balaban J connectivity index is 1.98. The van der Waals surface area contributed by atoms with E-state index in [1.807, 2.05) is 6.07 Å². The van der Waals surface area contributed by atoms with Gasteiger partial charge in [0.05, 0.1) is 5.75 Å². The number of carbonyl (C=O) groups excluding carboxylic acids is 1. The van der Waals surface area contributed by atoms with Gasteiger partial charge in [0.2, 0.25) is 5.91 Å². The van der Waals surface area contributed by atoms with Gasteiger partial charge in [-0.2, -0.15) is 0 Å². The van der Waals surface area contributed by atoms with Crippen LogP contribution < -0.4 is 0 Å². The molecule has 0 saturated heterocycles. The molecule has 0 saturated carbocycles. The topological polar surface area (TPSA) is 51.0 Å². The van der Waals surface area contributed by atoms with Crippen molar-refractivity contribution < 1.29 is 4.79 Å². The molecule has 1 aromatic heterocycles. The van der Waals surface area contributed by atoms with E-state index in [9.17, 15) is 4.79 Å². The molecule has 116 valence electrons. The van der Waals surface area contributed by atoms with Crippen LogP contribution in [0.2, 0.25) is 0 Å². The summed E-state index contributed by atoms with van der Waals surface area (Å²) in [6, 6.07) is 8.33. The maximum Gasteiger partial charge on any atom is 0.232 e. The van der Waals surface area contributed by atoms with Crippen molar-refractivity contribution in [1.29, 1.82) is 0 Å². The van der Waals surface area contributed by atoms with E-state index >= 15 is 0 Å². The zero-order valence-electron chi connectivity index (χ0n) is 13.3. The highest BCUT2D eigenvalue weighted by molar-refractivity contribution is 7.99. The molecule has 0 unspecified atom stereocenters. The van der Waals surface area contributed by atoms with Gasteiger partial charge in [0, 0.05) is 25.2 Å². The fraction of sp³-hybridized carbons (Fsp3) is 0.438. The van der Waals surface area contributed by atoms with Gasteiger partial charge in [0.1, 0.15) is 0 Å². The van der Waals surface area contributed by atoms with Gasteiger partial charge >= 0.3 is 0 Å². The van der Waals surface area contributed by atoms with Gasteiger partial charge < -0.3 is 4.90 Å². The third kappa shape index (κ3) is 2.52. The fourth-order valence-corrected chi connectivity index (χ4v) is 3.85. The molecule has 2 aromatic rings. The first-order valence-corrected chi connectivity index (χ1v) is 8.26. The third-order valence-corrected chi connectivity index (χ3v) is 4.86. The minimum Gasteiger partial charge on any atom is -0.348 e. The molecule has 1 aliphatic heterocycles. The van der Waals surface area contributed by atoms with E-state index in [0.717, 1.165) is 23.0 Å². The Kier molecular flexibility index (Phi) is 3.72. The monoisotopic (exact) mass is 316 g/mol. The molecule has 5 nitrogen and oxygen atoms in total. The van der Waals surface area contributed by atoms with Crippen molar-refractivity contribution in [2.45, 2.75) is 31.0 Å². The van der Waals surface area contributed by atoms with E-state index in [0.29, 0.717) is 5.75 Å². The van der Waals surface area contributed by atoms with Crippen molar-refractivity contribution >= 4 is 17.7 Å². The predicted molar refractivity (Wildman–Crippen MR) is 87.9 cm³/mol. The molecule has 0 N–H and O–H groups in total. The first-order valence-electron chi connectivity index (χ1n) is 7.27. The standard InChI is InChI=1S/C16H20N4OS/c1-16(2)9-11-7-5-6-8-12(11)14-17-18-15(20(14)16)22-10-13(21)19(3)4/h5-8H,9-10H2,1-4H3. The van der Waals surface area contributed by atoms with Gasteiger partial charge in [-0.05, 0) is 25.8 Å². The lowest BCUT2D eigenvalue weighted by atomic mass is 9.87. The number of thioether (sulfide) groups is 1. The Morgan fingerprint density at radius 3 is 2.77 bits per heavy atom.